The molecule has 5 heteroatoms. The van der Waals surface area contributed by atoms with Crippen molar-refractivity contribution >= 4 is 8.41 Å². The number of hydrogen-bond donors (Lipinski definition) is 0. The van der Waals surface area contributed by atoms with E-state index in [0.717, 1.165) is 0 Å². The van der Waals surface area contributed by atoms with Crippen LogP contribution in [0.1, 0.15) is 20.8 Å². The molecule has 71 valence electrons. The van der Waals surface area contributed by atoms with Crippen LogP contribution in [0.15, 0.2) is 0 Å². The van der Waals surface area contributed by atoms with Gasteiger partial charge in [0.1, 0.15) is 0 Å². The van der Waals surface area contributed by atoms with Gasteiger partial charge in [0, 0.05) is 8.41 Å². The minimum absolute atomic E-state index is 0. The van der Waals surface area contributed by atoms with E-state index in [0.29, 0.717) is 0 Å². The average molecular weight is 172 g/mol. The highest BCUT2D eigenvalue weighted by Crippen LogP contribution is 1.81. The predicted molar refractivity (Wildman–Crippen MR) is 46.7 cm³/mol. The van der Waals surface area contributed by atoms with Crippen LogP contribution in [0, 0.1) is 0 Å². The summed E-state index contributed by atoms with van der Waals surface area (Å²) < 4.78 is 0. The van der Waals surface area contributed by atoms with Crippen LogP contribution in [0.4, 0.5) is 14.1 Å². The zero-order chi connectivity index (χ0) is 5.70. The summed E-state index contributed by atoms with van der Waals surface area (Å²) in [6.07, 6.45) is 0. The van der Waals surface area contributed by atoms with E-state index in [-0.39, 0.29) is 22.5 Å². The molecule has 0 atom stereocenters. The van der Waals surface area contributed by atoms with Gasteiger partial charge in [0.2, 0.25) is 0 Å². The van der Waals surface area contributed by atoms with Crippen LogP contribution in [0.25, 0.3) is 0 Å². The molecule has 0 saturated carbocycles. The van der Waals surface area contributed by atoms with Crippen molar-refractivity contribution in [2.75, 3.05) is 19.6 Å². The van der Waals surface area contributed by atoms with Crippen LogP contribution >= 0.6 is 0 Å². The van der Waals surface area contributed by atoms with Crippen LogP contribution in [-0.2, 0) is 0 Å². The lowest BCUT2D eigenvalue weighted by atomic mass is 10.5. The molecule has 3 radical (unpaired) electrons. The maximum absolute atomic E-state index is 2.38. The third-order valence-electron chi connectivity index (χ3n) is 1.34. The van der Waals surface area contributed by atoms with Gasteiger partial charge in [-0.25, -0.2) is 0 Å². The summed E-state index contributed by atoms with van der Waals surface area (Å²) in [7, 11) is 0. The monoisotopic (exact) mass is 172 g/mol. The number of rotatable bonds is 3. The van der Waals surface area contributed by atoms with Gasteiger partial charge in [-0.3, -0.25) is 14.1 Å². The van der Waals surface area contributed by atoms with Crippen molar-refractivity contribution in [1.29, 1.82) is 0 Å². The highest BCUT2D eigenvalue weighted by atomic mass is 19.0. The molecule has 0 rings (SSSR count). The first-order valence-corrected chi connectivity index (χ1v) is 3.07. The van der Waals surface area contributed by atoms with Crippen molar-refractivity contribution in [3.8, 4) is 0 Å². The first-order valence-electron chi connectivity index (χ1n) is 3.07. The summed E-state index contributed by atoms with van der Waals surface area (Å²) >= 11 is 0. The van der Waals surface area contributed by atoms with Gasteiger partial charge in [-0.2, -0.15) is 0 Å². The highest BCUT2D eigenvalue weighted by molar-refractivity contribution is 5.75. The Hall–Kier alpha value is -0.185. The van der Waals surface area contributed by atoms with Crippen LogP contribution in [0.2, 0.25) is 0 Å². The maximum atomic E-state index is 2.38. The highest BCUT2D eigenvalue weighted by Gasteiger charge is 1.89. The Kier molecular flexibility index (Phi) is 63.2. The Bertz CT molecular complexity index is 39.3. The number of nitrogens with zero attached hydrogens (tertiary/aromatic N) is 1. The molecule has 0 aromatic heterocycles. The quantitative estimate of drug-likeness (QED) is 0.582. The minimum atomic E-state index is 0. The summed E-state index contributed by atoms with van der Waals surface area (Å²) in [4.78, 5) is 2.38. The topological polar surface area (TPSA) is 3.24 Å². The van der Waals surface area contributed by atoms with Gasteiger partial charge in [-0.15, -0.1) is 0 Å². The van der Waals surface area contributed by atoms with Gasteiger partial charge in [-0.05, 0) is 19.6 Å². The SMILES string of the molecule is CCN(CC)CC.F.F.F.[B]. The Labute approximate surface area is 68.8 Å². The van der Waals surface area contributed by atoms with E-state index in [4.69, 9.17) is 0 Å². The fourth-order valence-corrected chi connectivity index (χ4v) is 0.671. The zero-order valence-electron chi connectivity index (χ0n) is 7.37. The summed E-state index contributed by atoms with van der Waals surface area (Å²) in [6.45, 7) is 10.1. The van der Waals surface area contributed by atoms with E-state index in [2.05, 4.69) is 25.7 Å². The van der Waals surface area contributed by atoms with Crippen molar-refractivity contribution in [3.05, 3.63) is 0 Å². The van der Waals surface area contributed by atoms with Crippen molar-refractivity contribution < 1.29 is 14.1 Å². The molecule has 0 amide bonds. The maximum Gasteiger partial charge on any atom is 0 e. The molecule has 0 heterocycles. The molecule has 0 N–H and O–H groups in total. The Balaban J connectivity index is -0.0000000300. The third kappa shape index (κ3) is 17.7. The average Bonchev–Trinajstić information content (AvgIpc) is 1.72. The minimum Gasteiger partial charge on any atom is -0.304 e. The fourth-order valence-electron chi connectivity index (χ4n) is 0.671. The lowest BCUT2D eigenvalue weighted by Gasteiger charge is -2.13. The standard InChI is InChI=1S/C6H15N.B.3FH/c1-4-7(5-2)6-3;;;;/h4-6H2,1-3H3;;3*1H. The van der Waals surface area contributed by atoms with E-state index in [9.17, 15) is 0 Å². The summed E-state index contributed by atoms with van der Waals surface area (Å²) in [6, 6.07) is 0. The van der Waals surface area contributed by atoms with Gasteiger partial charge in [0.05, 0.1) is 0 Å². The van der Waals surface area contributed by atoms with Gasteiger partial charge in [0.25, 0.3) is 0 Å². The van der Waals surface area contributed by atoms with Crippen molar-refractivity contribution in [2.45, 2.75) is 20.8 Å². The molecule has 0 bridgehead atoms. The first-order chi connectivity index (χ1) is 3.35. The smallest absolute Gasteiger partial charge is 0 e. The molecule has 0 aliphatic carbocycles. The van der Waals surface area contributed by atoms with Crippen LogP contribution in [0.5, 0.6) is 0 Å². The molecular weight excluding hydrogens is 154 g/mol. The molecular formula is C6H18BF3N. The predicted octanol–water partition coefficient (Wildman–Crippen LogP) is 1.42. The molecule has 0 saturated heterocycles. The van der Waals surface area contributed by atoms with Gasteiger partial charge < -0.3 is 4.90 Å². The Morgan fingerprint density at radius 2 is 0.909 bits per heavy atom. The lowest BCUT2D eigenvalue weighted by molar-refractivity contribution is 0.321. The summed E-state index contributed by atoms with van der Waals surface area (Å²) in [5, 5.41) is 0. The second-order valence-electron chi connectivity index (χ2n) is 1.62. The van der Waals surface area contributed by atoms with Crippen molar-refractivity contribution in [3.63, 3.8) is 0 Å². The van der Waals surface area contributed by atoms with E-state index in [1.54, 1.807) is 0 Å². The fraction of sp³-hybridized carbons (Fsp3) is 1.00. The zero-order valence-corrected chi connectivity index (χ0v) is 7.37. The largest absolute Gasteiger partial charge is 0.304 e. The normalized spacial score (nSPS) is 6.55. The third-order valence-corrected chi connectivity index (χ3v) is 1.34. The van der Waals surface area contributed by atoms with E-state index in [1.807, 2.05) is 0 Å². The van der Waals surface area contributed by atoms with Crippen LogP contribution < -0.4 is 0 Å². The molecule has 0 aliphatic rings. The molecule has 0 spiro atoms. The first kappa shape index (κ1) is 30.8. The molecule has 0 fully saturated rings. The molecule has 0 aromatic rings. The van der Waals surface area contributed by atoms with Gasteiger partial charge >= 0.3 is 0 Å². The second kappa shape index (κ2) is 22.6. The number of halogens is 3. The van der Waals surface area contributed by atoms with Crippen molar-refractivity contribution in [2.24, 2.45) is 0 Å². The van der Waals surface area contributed by atoms with Crippen molar-refractivity contribution in [1.82, 2.24) is 4.90 Å². The van der Waals surface area contributed by atoms with Crippen LogP contribution in [0.3, 0.4) is 0 Å². The molecule has 0 aromatic carbocycles. The summed E-state index contributed by atoms with van der Waals surface area (Å²) in [5.41, 5.74) is 0. The van der Waals surface area contributed by atoms with Gasteiger partial charge in [0.15, 0.2) is 0 Å². The van der Waals surface area contributed by atoms with Gasteiger partial charge in [-0.1, -0.05) is 20.8 Å². The van der Waals surface area contributed by atoms with Crippen LogP contribution in [-0.4, -0.2) is 32.9 Å². The Morgan fingerprint density at radius 1 is 0.727 bits per heavy atom. The van der Waals surface area contributed by atoms with E-state index < -0.39 is 0 Å². The Morgan fingerprint density at radius 3 is 0.909 bits per heavy atom. The second-order valence-corrected chi connectivity index (χ2v) is 1.62. The lowest BCUT2D eigenvalue weighted by Crippen LogP contribution is -2.21. The number of hydrogen-bond acceptors (Lipinski definition) is 1. The molecule has 11 heavy (non-hydrogen) atoms. The van der Waals surface area contributed by atoms with E-state index >= 15 is 0 Å². The van der Waals surface area contributed by atoms with E-state index in [1.165, 1.54) is 19.6 Å². The summed E-state index contributed by atoms with van der Waals surface area (Å²) in [5.74, 6) is 0. The molecule has 1 nitrogen and oxygen atoms in total. The molecule has 0 unspecified atom stereocenters. The molecule has 0 aliphatic heterocycles.